The molecule has 0 aliphatic heterocycles. The van der Waals surface area contributed by atoms with Gasteiger partial charge in [-0.15, -0.1) is 0 Å². The molecule has 0 saturated carbocycles. The Morgan fingerprint density at radius 3 is 1.40 bits per heavy atom. The molecule has 43 heavy (non-hydrogen) atoms. The molecule has 230 valence electrons. The zero-order valence-corrected chi connectivity index (χ0v) is 25.2. The first-order valence-electron chi connectivity index (χ1n) is 13.6. The minimum atomic E-state index is -1.05. The van der Waals surface area contributed by atoms with E-state index in [1.807, 2.05) is 27.7 Å². The number of rotatable bonds is 6. The first-order valence-corrected chi connectivity index (χ1v) is 14.0. The molecule has 0 aliphatic carbocycles. The minimum Gasteiger partial charge on any atom is -0.308 e. The van der Waals surface area contributed by atoms with Crippen molar-refractivity contribution in [2.24, 2.45) is 0 Å². The summed E-state index contributed by atoms with van der Waals surface area (Å²) >= 11 is 5.93. The van der Waals surface area contributed by atoms with Crippen LogP contribution in [0.4, 0.5) is 26.3 Å². The molecule has 0 fully saturated rings. The maximum absolute atomic E-state index is 14.2. The first kappa shape index (κ1) is 33.7. The number of aromatic nitrogens is 2. The predicted octanol–water partition coefficient (Wildman–Crippen LogP) is 8.81. The number of pyridine rings is 2. The number of halogens is 7. The summed E-state index contributed by atoms with van der Waals surface area (Å²) in [5, 5.41) is -0.0165. The monoisotopic (exact) mass is 624 g/mol. The van der Waals surface area contributed by atoms with E-state index in [0.717, 1.165) is 0 Å². The number of nitrogens with zero attached hydrogens (tertiary/aromatic N) is 2. The van der Waals surface area contributed by atoms with Crippen LogP contribution in [0.2, 0.25) is 5.02 Å². The van der Waals surface area contributed by atoms with Gasteiger partial charge in [-0.05, 0) is 42.9 Å². The molecule has 0 aliphatic rings. The molecule has 0 unspecified atom stereocenters. The number of hydrogen-bond donors (Lipinski definition) is 0. The van der Waals surface area contributed by atoms with Crippen molar-refractivity contribution in [3.8, 4) is 22.5 Å². The summed E-state index contributed by atoms with van der Waals surface area (Å²) in [6.45, 7) is 11.2. The van der Waals surface area contributed by atoms with E-state index in [0.29, 0.717) is 35.4 Å². The van der Waals surface area contributed by atoms with Crippen LogP contribution in [0.15, 0.2) is 52.1 Å². The molecule has 0 spiro atoms. The average molecular weight is 625 g/mol. The topological polar surface area (TPSA) is 44.0 Å². The van der Waals surface area contributed by atoms with E-state index in [1.165, 1.54) is 21.3 Å². The Morgan fingerprint density at radius 1 is 0.628 bits per heavy atom. The van der Waals surface area contributed by atoms with Gasteiger partial charge in [0.25, 0.3) is 11.1 Å². The molecule has 2 aromatic heterocycles. The van der Waals surface area contributed by atoms with Crippen molar-refractivity contribution < 1.29 is 26.3 Å². The molecular formula is C32H31ClF6N2O2. The lowest BCUT2D eigenvalue weighted by Crippen LogP contribution is -2.24. The van der Waals surface area contributed by atoms with Crippen molar-refractivity contribution in [2.75, 3.05) is 0 Å². The number of hydrogen-bond acceptors (Lipinski definition) is 2. The molecule has 0 radical (unpaired) electrons. The van der Waals surface area contributed by atoms with Gasteiger partial charge in [0.2, 0.25) is 0 Å². The summed E-state index contributed by atoms with van der Waals surface area (Å²) in [5.41, 5.74) is -0.222. The lowest BCUT2D eigenvalue weighted by molar-refractivity contribution is 0.543. The predicted molar refractivity (Wildman–Crippen MR) is 157 cm³/mol. The highest BCUT2D eigenvalue weighted by Gasteiger charge is 2.24. The fourth-order valence-corrected chi connectivity index (χ4v) is 5.09. The summed E-state index contributed by atoms with van der Waals surface area (Å²) in [6.07, 6.45) is 0. The van der Waals surface area contributed by atoms with Gasteiger partial charge < -0.3 is 9.13 Å². The highest BCUT2D eigenvalue weighted by Crippen LogP contribution is 2.34. The molecule has 4 aromatic rings. The van der Waals surface area contributed by atoms with Crippen LogP contribution in [0.25, 0.3) is 22.5 Å². The van der Waals surface area contributed by atoms with E-state index in [-0.39, 0.29) is 52.5 Å². The molecule has 0 N–H and O–H groups in total. The van der Waals surface area contributed by atoms with Gasteiger partial charge in [0.05, 0.1) is 22.5 Å². The van der Waals surface area contributed by atoms with Gasteiger partial charge in [-0.25, -0.2) is 26.3 Å². The van der Waals surface area contributed by atoms with E-state index in [2.05, 4.69) is 0 Å². The Morgan fingerprint density at radius 2 is 1.02 bits per heavy atom. The Labute approximate surface area is 250 Å². The summed E-state index contributed by atoms with van der Waals surface area (Å²) in [4.78, 5) is 24.1. The van der Waals surface area contributed by atoms with Crippen molar-refractivity contribution in [3.63, 3.8) is 0 Å². The molecule has 0 amide bonds. The van der Waals surface area contributed by atoms with Gasteiger partial charge in [-0.1, -0.05) is 45.4 Å². The molecule has 0 atom stereocenters. The van der Waals surface area contributed by atoms with E-state index in [4.69, 9.17) is 11.6 Å². The lowest BCUT2D eigenvalue weighted by Gasteiger charge is -2.20. The van der Waals surface area contributed by atoms with Crippen LogP contribution >= 0.6 is 11.6 Å². The van der Waals surface area contributed by atoms with Crippen molar-refractivity contribution in [2.45, 2.75) is 66.5 Å². The Balaban J connectivity index is 0.000000236. The van der Waals surface area contributed by atoms with Gasteiger partial charge in [-0.2, -0.15) is 0 Å². The van der Waals surface area contributed by atoms with Crippen LogP contribution in [0.5, 0.6) is 0 Å². The average Bonchev–Trinajstić information content (AvgIpc) is 2.89. The van der Waals surface area contributed by atoms with Crippen molar-refractivity contribution in [1.82, 2.24) is 9.13 Å². The number of benzene rings is 2. The highest BCUT2D eigenvalue weighted by molar-refractivity contribution is 6.30. The second-order valence-corrected chi connectivity index (χ2v) is 10.8. The zero-order valence-electron chi connectivity index (χ0n) is 24.5. The van der Waals surface area contributed by atoms with Gasteiger partial charge in [0, 0.05) is 43.4 Å². The van der Waals surface area contributed by atoms with Crippen LogP contribution in [0, 0.1) is 34.9 Å². The Kier molecular flexibility index (Phi) is 10.7. The molecule has 2 heterocycles. The van der Waals surface area contributed by atoms with Crippen molar-refractivity contribution in [3.05, 3.63) is 114 Å². The van der Waals surface area contributed by atoms with Crippen LogP contribution in [-0.2, 0) is 13.1 Å². The van der Waals surface area contributed by atoms with Gasteiger partial charge in [0.15, 0.2) is 0 Å². The smallest absolute Gasteiger partial charge is 0.269 e. The minimum absolute atomic E-state index is 0.0165. The van der Waals surface area contributed by atoms with Crippen molar-refractivity contribution in [1.29, 1.82) is 0 Å². The maximum atomic E-state index is 14.2. The molecular weight excluding hydrogens is 594 g/mol. The summed E-state index contributed by atoms with van der Waals surface area (Å²) in [7, 11) is 0. The maximum Gasteiger partial charge on any atom is 0.269 e. The molecule has 0 bridgehead atoms. The van der Waals surface area contributed by atoms with Crippen LogP contribution in [-0.4, -0.2) is 9.13 Å². The second-order valence-electron chi connectivity index (χ2n) is 10.4. The van der Waals surface area contributed by atoms with E-state index >= 15 is 0 Å². The largest absolute Gasteiger partial charge is 0.308 e. The van der Waals surface area contributed by atoms with Crippen LogP contribution < -0.4 is 11.1 Å². The third-order valence-corrected chi connectivity index (χ3v) is 7.12. The Hall–Kier alpha value is -3.79. The van der Waals surface area contributed by atoms with Crippen molar-refractivity contribution >= 4 is 11.6 Å². The molecule has 4 rings (SSSR count). The molecule has 11 heteroatoms. The SMILES string of the molecule is CCn1c(-c2c(F)cc(F)cc2F)c(C(C)C)cc(Cl)c1=O.CCn1c(-c2c(F)cc(F)cc2F)c(C(C)C)ccc1=O. The summed E-state index contributed by atoms with van der Waals surface area (Å²) in [5.74, 6) is -6.29. The van der Waals surface area contributed by atoms with E-state index in [1.54, 1.807) is 19.9 Å². The third kappa shape index (κ3) is 6.90. The van der Waals surface area contributed by atoms with Crippen LogP contribution in [0.3, 0.4) is 0 Å². The Bertz CT molecular complexity index is 1730. The summed E-state index contributed by atoms with van der Waals surface area (Å²) < 4.78 is 85.2. The third-order valence-electron chi connectivity index (χ3n) is 6.85. The molecule has 0 saturated heterocycles. The van der Waals surface area contributed by atoms with Gasteiger partial charge in [-0.3, -0.25) is 9.59 Å². The van der Waals surface area contributed by atoms with Crippen LogP contribution in [0.1, 0.15) is 64.5 Å². The fraction of sp³-hybridized carbons (Fsp3) is 0.312. The fourth-order valence-electron chi connectivity index (χ4n) is 4.87. The van der Waals surface area contributed by atoms with E-state index in [9.17, 15) is 35.9 Å². The second kappa shape index (κ2) is 13.7. The molecule has 4 nitrogen and oxygen atoms in total. The molecule has 2 aromatic carbocycles. The normalized spacial score (nSPS) is 11.2. The van der Waals surface area contributed by atoms with Gasteiger partial charge in [0.1, 0.15) is 39.9 Å². The standard InChI is InChI=1S/C16H15ClF3NO.C16H16F3NO/c1-4-21-15(10(8(2)3)7-11(17)16(21)22)14-12(19)5-9(18)6-13(14)20;1-4-20-14(21)6-5-11(9(2)3)16(20)15-12(18)7-10(17)8-13(15)19/h5-8H,4H2,1-3H3;5-9H,4H2,1-3H3. The summed E-state index contributed by atoms with van der Waals surface area (Å²) in [6, 6.07) is 6.81. The zero-order chi connectivity index (χ0) is 32.3. The first-order chi connectivity index (χ1) is 20.1. The van der Waals surface area contributed by atoms with Gasteiger partial charge >= 0.3 is 0 Å². The lowest BCUT2D eigenvalue weighted by atomic mass is 9.96. The quantitative estimate of drug-likeness (QED) is 0.201. The highest BCUT2D eigenvalue weighted by atomic mass is 35.5. The van der Waals surface area contributed by atoms with E-state index < -0.39 is 46.0 Å².